The Balaban J connectivity index is 2.36. The molecule has 0 spiro atoms. The van der Waals surface area contributed by atoms with E-state index in [2.05, 4.69) is 9.97 Å². The van der Waals surface area contributed by atoms with Gasteiger partial charge in [-0.15, -0.1) is 0 Å². The molecular weight excluding hydrogens is 288 g/mol. The van der Waals surface area contributed by atoms with Crippen molar-refractivity contribution in [2.45, 2.75) is 26.7 Å². The zero-order valence-corrected chi connectivity index (χ0v) is 13.1. The van der Waals surface area contributed by atoms with E-state index in [1.807, 2.05) is 32.0 Å². The molecule has 4 nitrogen and oxygen atoms in total. The van der Waals surface area contributed by atoms with E-state index in [9.17, 15) is 4.79 Å². The maximum Gasteiger partial charge on any atom is 0.337 e. The predicted molar refractivity (Wildman–Crippen MR) is 81.7 cm³/mol. The molecule has 0 saturated heterocycles. The fourth-order valence-corrected chi connectivity index (χ4v) is 2.51. The van der Waals surface area contributed by atoms with Crippen LogP contribution in [-0.2, 0) is 17.6 Å². The van der Waals surface area contributed by atoms with E-state index in [4.69, 9.17) is 16.3 Å². The van der Waals surface area contributed by atoms with E-state index in [1.165, 1.54) is 7.11 Å². The van der Waals surface area contributed by atoms with Gasteiger partial charge >= 0.3 is 5.97 Å². The van der Waals surface area contributed by atoms with Gasteiger partial charge in [0.25, 0.3) is 0 Å². The second-order valence-corrected chi connectivity index (χ2v) is 5.07. The summed E-state index contributed by atoms with van der Waals surface area (Å²) in [5.74, 6) is 0.322. The van der Waals surface area contributed by atoms with Crippen molar-refractivity contribution in [1.29, 1.82) is 0 Å². The number of halogens is 1. The third-order valence-corrected chi connectivity index (χ3v) is 3.53. The van der Waals surface area contributed by atoms with Gasteiger partial charge in [-0.1, -0.05) is 30.7 Å². The Bertz CT molecular complexity index is 671. The van der Waals surface area contributed by atoms with Crippen LogP contribution < -0.4 is 0 Å². The van der Waals surface area contributed by atoms with Crippen molar-refractivity contribution >= 4 is 17.6 Å². The average Bonchev–Trinajstić information content (AvgIpc) is 2.49. The summed E-state index contributed by atoms with van der Waals surface area (Å²) in [6.07, 6.45) is 1.38. The van der Waals surface area contributed by atoms with Gasteiger partial charge < -0.3 is 4.74 Å². The Morgan fingerprint density at radius 1 is 1.33 bits per heavy atom. The Labute approximate surface area is 129 Å². The van der Waals surface area contributed by atoms with Gasteiger partial charge in [-0.2, -0.15) is 0 Å². The number of rotatable bonds is 4. The number of carbonyl (C=O) groups excluding carboxylic acids is 1. The third kappa shape index (κ3) is 3.58. The molecule has 1 aromatic heterocycles. The Kier molecular flexibility index (Phi) is 4.91. The minimum absolute atomic E-state index is 0.348. The van der Waals surface area contributed by atoms with Crippen LogP contribution in [0.3, 0.4) is 0 Å². The van der Waals surface area contributed by atoms with Crippen molar-refractivity contribution in [3.63, 3.8) is 0 Å². The van der Waals surface area contributed by atoms with Crippen molar-refractivity contribution in [1.82, 2.24) is 9.97 Å². The maximum atomic E-state index is 11.6. The summed E-state index contributed by atoms with van der Waals surface area (Å²) < 4.78 is 4.74. The molecular formula is C16H17ClN2O2. The van der Waals surface area contributed by atoms with Crippen LogP contribution in [0.15, 0.2) is 24.3 Å². The summed E-state index contributed by atoms with van der Waals surface area (Å²) in [5, 5.41) is 0.475. The molecule has 0 aliphatic carbocycles. The summed E-state index contributed by atoms with van der Waals surface area (Å²) in [6, 6.07) is 7.31. The fraction of sp³-hybridized carbons (Fsp3) is 0.312. The van der Waals surface area contributed by atoms with Crippen molar-refractivity contribution < 1.29 is 9.53 Å². The van der Waals surface area contributed by atoms with Crippen molar-refractivity contribution in [3.8, 4) is 0 Å². The van der Waals surface area contributed by atoms with Crippen LogP contribution in [0.25, 0.3) is 0 Å². The monoisotopic (exact) mass is 304 g/mol. The molecule has 2 rings (SSSR count). The highest BCUT2D eigenvalue weighted by Crippen LogP contribution is 2.22. The molecule has 0 N–H and O–H groups in total. The van der Waals surface area contributed by atoms with Crippen LogP contribution in [0.2, 0.25) is 5.15 Å². The first-order chi connectivity index (χ1) is 10.0. The lowest BCUT2D eigenvalue weighted by atomic mass is 10.0. The molecule has 0 saturated carbocycles. The number of aryl methyl sites for hydroxylation is 2. The van der Waals surface area contributed by atoms with Gasteiger partial charge in [0.05, 0.1) is 12.7 Å². The predicted octanol–water partition coefficient (Wildman–Crippen LogP) is 3.38. The van der Waals surface area contributed by atoms with Crippen molar-refractivity contribution in [2.24, 2.45) is 0 Å². The number of hydrogen-bond donors (Lipinski definition) is 0. The molecule has 21 heavy (non-hydrogen) atoms. The molecule has 0 unspecified atom stereocenters. The summed E-state index contributed by atoms with van der Waals surface area (Å²) in [5.41, 5.74) is 3.35. The molecule has 0 bridgehead atoms. The highest BCUT2D eigenvalue weighted by atomic mass is 35.5. The first kappa shape index (κ1) is 15.4. The first-order valence-corrected chi connectivity index (χ1v) is 7.12. The molecule has 1 aromatic carbocycles. The standard InChI is InChI=1S/C16H17ClN2O2/c1-4-14-13(15(17)19-10(2)18-14)9-11-6-5-7-12(8-11)16(20)21-3/h5-8H,4,9H2,1-3H3. The SMILES string of the molecule is CCc1nc(C)nc(Cl)c1Cc1cccc(C(=O)OC)c1. The minimum atomic E-state index is -0.348. The second-order valence-electron chi connectivity index (χ2n) is 4.71. The smallest absolute Gasteiger partial charge is 0.337 e. The number of methoxy groups -OCH3 is 1. The van der Waals surface area contributed by atoms with E-state index in [0.717, 1.165) is 23.2 Å². The summed E-state index contributed by atoms with van der Waals surface area (Å²) in [6.45, 7) is 3.86. The van der Waals surface area contributed by atoms with Gasteiger partial charge in [0.15, 0.2) is 0 Å². The molecule has 0 aliphatic heterocycles. The number of esters is 1. The number of benzene rings is 1. The summed E-state index contributed by atoms with van der Waals surface area (Å²) in [7, 11) is 1.37. The zero-order chi connectivity index (χ0) is 15.4. The highest BCUT2D eigenvalue weighted by molar-refractivity contribution is 6.30. The molecule has 0 aliphatic rings. The molecule has 0 fully saturated rings. The van der Waals surface area contributed by atoms with Crippen molar-refractivity contribution in [2.75, 3.05) is 7.11 Å². The summed E-state index contributed by atoms with van der Waals surface area (Å²) >= 11 is 6.25. The number of hydrogen-bond acceptors (Lipinski definition) is 4. The number of aromatic nitrogens is 2. The van der Waals surface area contributed by atoms with E-state index in [0.29, 0.717) is 23.0 Å². The van der Waals surface area contributed by atoms with E-state index in [-0.39, 0.29) is 5.97 Å². The number of carbonyl (C=O) groups is 1. The maximum absolute atomic E-state index is 11.6. The normalized spacial score (nSPS) is 10.5. The van der Waals surface area contributed by atoms with Gasteiger partial charge in [-0.05, 0) is 31.0 Å². The quantitative estimate of drug-likeness (QED) is 0.642. The number of nitrogens with zero attached hydrogens (tertiary/aromatic N) is 2. The topological polar surface area (TPSA) is 52.1 Å². The van der Waals surface area contributed by atoms with Crippen LogP contribution in [0, 0.1) is 6.92 Å². The van der Waals surface area contributed by atoms with Gasteiger partial charge in [-0.25, -0.2) is 14.8 Å². The lowest BCUT2D eigenvalue weighted by Gasteiger charge is -2.10. The van der Waals surface area contributed by atoms with Crippen LogP contribution in [0.5, 0.6) is 0 Å². The van der Waals surface area contributed by atoms with Gasteiger partial charge in [0, 0.05) is 17.7 Å². The molecule has 0 atom stereocenters. The Hall–Kier alpha value is -1.94. The van der Waals surface area contributed by atoms with Gasteiger partial charge in [-0.3, -0.25) is 0 Å². The number of ether oxygens (including phenoxy) is 1. The lowest BCUT2D eigenvalue weighted by Crippen LogP contribution is -2.05. The Morgan fingerprint density at radius 2 is 2.10 bits per heavy atom. The summed E-state index contributed by atoms with van der Waals surface area (Å²) in [4.78, 5) is 20.2. The van der Waals surface area contributed by atoms with Gasteiger partial charge in [0.2, 0.25) is 0 Å². The molecule has 110 valence electrons. The van der Waals surface area contributed by atoms with E-state index >= 15 is 0 Å². The lowest BCUT2D eigenvalue weighted by molar-refractivity contribution is 0.0600. The molecule has 0 radical (unpaired) electrons. The first-order valence-electron chi connectivity index (χ1n) is 6.74. The van der Waals surface area contributed by atoms with E-state index < -0.39 is 0 Å². The molecule has 5 heteroatoms. The second kappa shape index (κ2) is 6.68. The molecule has 2 aromatic rings. The largest absolute Gasteiger partial charge is 0.465 e. The van der Waals surface area contributed by atoms with Crippen LogP contribution >= 0.6 is 11.6 Å². The third-order valence-electron chi connectivity index (χ3n) is 3.22. The highest BCUT2D eigenvalue weighted by Gasteiger charge is 2.12. The van der Waals surface area contributed by atoms with Crippen LogP contribution in [-0.4, -0.2) is 23.0 Å². The van der Waals surface area contributed by atoms with E-state index in [1.54, 1.807) is 6.07 Å². The average molecular weight is 305 g/mol. The Morgan fingerprint density at radius 3 is 2.76 bits per heavy atom. The van der Waals surface area contributed by atoms with Crippen molar-refractivity contribution in [3.05, 3.63) is 57.6 Å². The van der Waals surface area contributed by atoms with Gasteiger partial charge in [0.1, 0.15) is 11.0 Å². The molecule has 0 amide bonds. The molecule has 1 heterocycles. The van der Waals surface area contributed by atoms with Crippen LogP contribution in [0.4, 0.5) is 0 Å². The fourth-order valence-electron chi connectivity index (χ4n) is 2.21. The minimum Gasteiger partial charge on any atom is -0.465 e. The zero-order valence-electron chi connectivity index (χ0n) is 12.3. The van der Waals surface area contributed by atoms with Crippen LogP contribution in [0.1, 0.15) is 39.9 Å².